The second-order valence-electron chi connectivity index (χ2n) is 6.89. The number of carbonyl (C=O) groups is 1. The molecule has 1 aliphatic rings. The highest BCUT2D eigenvalue weighted by atomic mass is 19.3. The van der Waals surface area contributed by atoms with E-state index < -0.39 is 5.92 Å². The van der Waals surface area contributed by atoms with Crippen molar-refractivity contribution >= 4 is 22.8 Å². The van der Waals surface area contributed by atoms with Crippen LogP contribution < -0.4 is 5.73 Å². The SMILES string of the molecule is N/C(=N\O)c1cncc(-n2ccc3cc(C(=O)N4CCC(F)(F)CC4)cnc32)c1. The van der Waals surface area contributed by atoms with Crippen molar-refractivity contribution < 1.29 is 18.8 Å². The van der Waals surface area contributed by atoms with Crippen LogP contribution in [0.2, 0.25) is 0 Å². The summed E-state index contributed by atoms with van der Waals surface area (Å²) in [5, 5.41) is 12.5. The highest BCUT2D eigenvalue weighted by Gasteiger charge is 2.35. The number of carbonyl (C=O) groups excluding carboxylic acids is 1. The largest absolute Gasteiger partial charge is 0.409 e. The Labute approximate surface area is 164 Å². The molecule has 3 aromatic heterocycles. The lowest BCUT2D eigenvalue weighted by Crippen LogP contribution is -2.42. The van der Waals surface area contributed by atoms with E-state index in [1.807, 2.05) is 0 Å². The molecule has 0 aromatic carbocycles. The Hall–Kier alpha value is -3.56. The first kappa shape index (κ1) is 18.8. The van der Waals surface area contributed by atoms with Crippen LogP contribution in [0.15, 0.2) is 48.1 Å². The highest BCUT2D eigenvalue weighted by Crippen LogP contribution is 2.28. The van der Waals surface area contributed by atoms with Gasteiger partial charge in [0.1, 0.15) is 5.65 Å². The van der Waals surface area contributed by atoms with Crippen LogP contribution in [0.25, 0.3) is 16.7 Å². The Bertz CT molecular complexity index is 1100. The van der Waals surface area contributed by atoms with Crippen LogP contribution >= 0.6 is 0 Å². The molecule has 0 spiro atoms. The molecule has 4 heterocycles. The van der Waals surface area contributed by atoms with Crippen molar-refractivity contribution in [3.05, 3.63) is 54.1 Å². The van der Waals surface area contributed by atoms with Gasteiger partial charge in [-0.15, -0.1) is 0 Å². The Morgan fingerprint density at radius 1 is 1.17 bits per heavy atom. The van der Waals surface area contributed by atoms with E-state index in [9.17, 15) is 13.6 Å². The van der Waals surface area contributed by atoms with E-state index >= 15 is 0 Å². The molecule has 0 saturated carbocycles. The minimum absolute atomic E-state index is 0.0250. The summed E-state index contributed by atoms with van der Waals surface area (Å²) in [5.74, 6) is -3.08. The number of pyridine rings is 2. The topological polar surface area (TPSA) is 110 Å². The molecule has 0 bridgehead atoms. The van der Waals surface area contributed by atoms with E-state index in [2.05, 4.69) is 15.1 Å². The summed E-state index contributed by atoms with van der Waals surface area (Å²) in [6.07, 6.45) is 5.62. The number of likely N-dealkylation sites (tertiary alicyclic amines) is 1. The summed E-state index contributed by atoms with van der Waals surface area (Å²) < 4.78 is 28.4. The van der Waals surface area contributed by atoms with Crippen molar-refractivity contribution in [1.29, 1.82) is 0 Å². The molecule has 0 unspecified atom stereocenters. The van der Waals surface area contributed by atoms with Crippen LogP contribution in [0.1, 0.15) is 28.8 Å². The molecule has 29 heavy (non-hydrogen) atoms. The van der Waals surface area contributed by atoms with Crippen molar-refractivity contribution in [2.24, 2.45) is 10.9 Å². The number of hydrogen-bond acceptors (Lipinski definition) is 5. The average Bonchev–Trinajstić information content (AvgIpc) is 3.16. The number of halogens is 2. The van der Waals surface area contributed by atoms with E-state index in [0.29, 0.717) is 27.8 Å². The van der Waals surface area contributed by atoms with Crippen LogP contribution in [0.5, 0.6) is 0 Å². The maximum atomic E-state index is 13.3. The van der Waals surface area contributed by atoms with E-state index in [1.54, 1.807) is 35.2 Å². The van der Waals surface area contributed by atoms with Gasteiger partial charge in [0.2, 0.25) is 0 Å². The van der Waals surface area contributed by atoms with Gasteiger partial charge in [0.25, 0.3) is 11.8 Å². The number of amidine groups is 1. The lowest BCUT2D eigenvalue weighted by molar-refractivity contribution is -0.0494. The number of nitrogens with two attached hydrogens (primary N) is 1. The third kappa shape index (κ3) is 3.60. The summed E-state index contributed by atoms with van der Waals surface area (Å²) in [4.78, 5) is 22.6. The molecular weight excluding hydrogens is 382 g/mol. The number of hydrogen-bond donors (Lipinski definition) is 2. The second-order valence-corrected chi connectivity index (χ2v) is 6.89. The Morgan fingerprint density at radius 2 is 1.93 bits per heavy atom. The molecule has 3 aromatic rings. The molecule has 3 N–H and O–H groups in total. The average molecular weight is 400 g/mol. The van der Waals surface area contributed by atoms with Crippen molar-refractivity contribution in [1.82, 2.24) is 19.4 Å². The van der Waals surface area contributed by atoms with Gasteiger partial charge in [-0.1, -0.05) is 5.16 Å². The molecular formula is C19H18F2N6O2. The van der Waals surface area contributed by atoms with Gasteiger partial charge in [-0.2, -0.15) is 0 Å². The lowest BCUT2D eigenvalue weighted by Gasteiger charge is -2.31. The third-order valence-corrected chi connectivity index (χ3v) is 4.96. The number of aromatic nitrogens is 3. The predicted octanol–water partition coefficient (Wildman–Crippen LogP) is 2.39. The molecule has 1 saturated heterocycles. The van der Waals surface area contributed by atoms with Gasteiger partial charge in [0, 0.05) is 55.5 Å². The van der Waals surface area contributed by atoms with Gasteiger partial charge in [0.05, 0.1) is 17.4 Å². The van der Waals surface area contributed by atoms with Gasteiger partial charge < -0.3 is 15.8 Å². The quantitative estimate of drug-likeness (QED) is 0.304. The molecule has 0 atom stereocenters. The van der Waals surface area contributed by atoms with Crippen LogP contribution in [0.3, 0.4) is 0 Å². The fourth-order valence-electron chi connectivity index (χ4n) is 3.33. The maximum Gasteiger partial charge on any atom is 0.255 e. The first-order chi connectivity index (χ1) is 13.9. The summed E-state index contributed by atoms with van der Waals surface area (Å²) in [7, 11) is 0. The second kappa shape index (κ2) is 7.12. The van der Waals surface area contributed by atoms with Crippen molar-refractivity contribution in [2.75, 3.05) is 13.1 Å². The van der Waals surface area contributed by atoms with E-state index in [1.165, 1.54) is 17.3 Å². The normalized spacial score (nSPS) is 16.9. The van der Waals surface area contributed by atoms with Crippen LogP contribution in [-0.2, 0) is 0 Å². The van der Waals surface area contributed by atoms with Crippen molar-refractivity contribution in [3.63, 3.8) is 0 Å². The summed E-state index contributed by atoms with van der Waals surface area (Å²) in [6, 6.07) is 5.17. The van der Waals surface area contributed by atoms with E-state index in [0.717, 1.165) is 0 Å². The van der Waals surface area contributed by atoms with Gasteiger partial charge >= 0.3 is 0 Å². The molecule has 10 heteroatoms. The number of nitrogens with zero attached hydrogens (tertiary/aromatic N) is 5. The molecule has 4 rings (SSSR count). The zero-order chi connectivity index (χ0) is 20.6. The van der Waals surface area contributed by atoms with Crippen LogP contribution in [-0.4, -0.2) is 55.4 Å². The number of piperidine rings is 1. The minimum Gasteiger partial charge on any atom is -0.409 e. The van der Waals surface area contributed by atoms with E-state index in [4.69, 9.17) is 10.9 Å². The molecule has 150 valence electrons. The Morgan fingerprint density at radius 3 is 2.66 bits per heavy atom. The van der Waals surface area contributed by atoms with E-state index in [-0.39, 0.29) is 37.7 Å². The monoisotopic (exact) mass is 400 g/mol. The number of alkyl halides is 2. The molecule has 1 aliphatic heterocycles. The molecule has 0 aliphatic carbocycles. The lowest BCUT2D eigenvalue weighted by atomic mass is 10.1. The number of fused-ring (bicyclic) bond motifs is 1. The summed E-state index contributed by atoms with van der Waals surface area (Å²) in [5.41, 5.74) is 7.65. The molecule has 1 fully saturated rings. The number of oxime groups is 1. The summed E-state index contributed by atoms with van der Waals surface area (Å²) in [6.45, 7) is 0.0500. The first-order valence-electron chi connectivity index (χ1n) is 8.95. The van der Waals surface area contributed by atoms with Gasteiger partial charge in [-0.3, -0.25) is 14.3 Å². The zero-order valence-corrected chi connectivity index (χ0v) is 15.3. The fraction of sp³-hybridized carbons (Fsp3) is 0.263. The molecule has 1 amide bonds. The van der Waals surface area contributed by atoms with Gasteiger partial charge in [-0.25, -0.2) is 13.8 Å². The summed E-state index contributed by atoms with van der Waals surface area (Å²) >= 11 is 0. The smallest absolute Gasteiger partial charge is 0.255 e. The highest BCUT2D eigenvalue weighted by molar-refractivity contribution is 5.98. The molecule has 0 radical (unpaired) electrons. The zero-order valence-electron chi connectivity index (χ0n) is 15.3. The third-order valence-electron chi connectivity index (χ3n) is 4.96. The van der Waals surface area contributed by atoms with Crippen molar-refractivity contribution in [2.45, 2.75) is 18.8 Å². The minimum atomic E-state index is -2.71. The van der Waals surface area contributed by atoms with Crippen molar-refractivity contribution in [3.8, 4) is 5.69 Å². The Balaban J connectivity index is 1.62. The number of amides is 1. The number of rotatable bonds is 3. The molecule has 8 nitrogen and oxygen atoms in total. The maximum absolute atomic E-state index is 13.3. The predicted molar refractivity (Wildman–Crippen MR) is 101 cm³/mol. The van der Waals surface area contributed by atoms with Crippen LogP contribution in [0, 0.1) is 0 Å². The Kier molecular flexibility index (Phi) is 4.61. The standard InChI is InChI=1S/C19H18F2N6O2/c20-19(21)2-5-26(6-3-19)18(28)14-7-12-1-4-27(17(12)24-10-14)15-8-13(9-23-11-15)16(22)25-29/h1,4,7-11,29H,2-3,5-6H2,(H2,22,25). The van der Waals surface area contributed by atoms with Gasteiger partial charge in [-0.05, 0) is 18.2 Å². The first-order valence-corrected chi connectivity index (χ1v) is 8.95. The van der Waals surface area contributed by atoms with Crippen LogP contribution in [0.4, 0.5) is 8.78 Å². The fourth-order valence-corrected chi connectivity index (χ4v) is 3.33. The van der Waals surface area contributed by atoms with Gasteiger partial charge in [0.15, 0.2) is 5.84 Å².